The Morgan fingerprint density at radius 2 is 2.10 bits per heavy atom. The number of hydrogen-bond donors (Lipinski definition) is 2. The lowest BCUT2D eigenvalue weighted by molar-refractivity contribution is 0.415. The van der Waals surface area contributed by atoms with Crippen molar-refractivity contribution in [3.8, 4) is 28.3 Å². The minimum atomic E-state index is -0.394. The molecule has 3 rings (SSSR count). The van der Waals surface area contributed by atoms with E-state index in [0.717, 1.165) is 11.8 Å². The van der Waals surface area contributed by atoms with Crippen LogP contribution in [0.3, 0.4) is 0 Å². The summed E-state index contributed by atoms with van der Waals surface area (Å²) < 4.78 is 18.2. The molecule has 0 fully saturated rings. The maximum atomic E-state index is 13.0. The van der Waals surface area contributed by atoms with E-state index in [9.17, 15) is 4.39 Å². The molecule has 0 aliphatic rings. The number of nitrogen functional groups attached to an aromatic ring is 1. The van der Waals surface area contributed by atoms with Gasteiger partial charge in [-0.05, 0) is 29.8 Å². The van der Waals surface area contributed by atoms with Gasteiger partial charge in [-0.15, -0.1) is 0 Å². The fourth-order valence-electron chi connectivity index (χ4n) is 2.14. The Morgan fingerprint density at radius 1 is 1.24 bits per heavy atom. The Balaban J connectivity index is 2.14. The van der Waals surface area contributed by atoms with Crippen molar-refractivity contribution in [3.63, 3.8) is 0 Å². The smallest absolute Gasteiger partial charge is 0.153 e. The Hall–Kier alpha value is -2.89. The first-order chi connectivity index (χ1) is 10.2. The number of pyridine rings is 1. The third kappa shape index (κ3) is 2.43. The lowest BCUT2D eigenvalue weighted by atomic mass is 10.0. The monoisotopic (exact) mass is 284 g/mol. The molecule has 21 heavy (non-hydrogen) atoms. The molecular weight excluding hydrogens is 271 g/mol. The highest BCUT2D eigenvalue weighted by atomic mass is 19.1. The van der Waals surface area contributed by atoms with Crippen LogP contribution in [0.25, 0.3) is 22.5 Å². The second kappa shape index (κ2) is 5.24. The van der Waals surface area contributed by atoms with Crippen molar-refractivity contribution >= 4 is 5.82 Å². The number of ether oxygens (including phenoxy) is 1. The van der Waals surface area contributed by atoms with E-state index in [-0.39, 0.29) is 0 Å². The Morgan fingerprint density at radius 3 is 2.81 bits per heavy atom. The van der Waals surface area contributed by atoms with Crippen LogP contribution in [0.15, 0.2) is 42.6 Å². The topological polar surface area (TPSA) is 76.8 Å². The predicted molar refractivity (Wildman–Crippen MR) is 78.2 cm³/mol. The van der Waals surface area contributed by atoms with Gasteiger partial charge in [0.05, 0.1) is 30.3 Å². The molecule has 0 unspecified atom stereocenters. The first-order valence-corrected chi connectivity index (χ1v) is 6.29. The maximum Gasteiger partial charge on any atom is 0.153 e. The van der Waals surface area contributed by atoms with Gasteiger partial charge in [-0.3, -0.25) is 10.1 Å². The summed E-state index contributed by atoms with van der Waals surface area (Å²) in [5.41, 5.74) is 8.72. The number of nitrogens with zero attached hydrogens (tertiary/aromatic N) is 2. The number of H-pyrrole nitrogens is 1. The highest BCUT2D eigenvalue weighted by molar-refractivity contribution is 5.87. The van der Waals surface area contributed by atoms with E-state index in [1.54, 1.807) is 13.2 Å². The van der Waals surface area contributed by atoms with Crippen molar-refractivity contribution in [1.82, 2.24) is 15.2 Å². The summed E-state index contributed by atoms with van der Waals surface area (Å²) in [6, 6.07) is 10.4. The van der Waals surface area contributed by atoms with E-state index in [1.807, 2.05) is 24.3 Å². The number of hydrogen-bond acceptors (Lipinski definition) is 4. The largest absolute Gasteiger partial charge is 0.497 e. The molecule has 0 saturated heterocycles. The van der Waals surface area contributed by atoms with Gasteiger partial charge in [-0.25, -0.2) is 4.39 Å². The number of halogens is 1. The van der Waals surface area contributed by atoms with Gasteiger partial charge < -0.3 is 10.5 Å². The van der Waals surface area contributed by atoms with Crippen molar-refractivity contribution in [2.75, 3.05) is 12.8 Å². The van der Waals surface area contributed by atoms with Crippen LogP contribution in [0.4, 0.5) is 10.2 Å². The van der Waals surface area contributed by atoms with Gasteiger partial charge in [0.25, 0.3) is 0 Å². The normalized spacial score (nSPS) is 10.6. The number of aromatic nitrogens is 3. The van der Waals surface area contributed by atoms with Crippen molar-refractivity contribution in [2.45, 2.75) is 0 Å². The number of aromatic amines is 1. The number of nitrogens with two attached hydrogens (primary N) is 1. The van der Waals surface area contributed by atoms with Gasteiger partial charge in [0, 0.05) is 0 Å². The fraction of sp³-hybridized carbons (Fsp3) is 0.0667. The van der Waals surface area contributed by atoms with Gasteiger partial charge in [0.1, 0.15) is 11.6 Å². The molecular formula is C15H13FN4O. The minimum Gasteiger partial charge on any atom is -0.497 e. The highest BCUT2D eigenvalue weighted by Gasteiger charge is 2.16. The molecule has 0 amide bonds. The average Bonchev–Trinajstić information content (AvgIpc) is 2.90. The van der Waals surface area contributed by atoms with Gasteiger partial charge in [-0.2, -0.15) is 5.10 Å². The molecule has 2 aromatic heterocycles. The predicted octanol–water partition coefficient (Wildman–Crippen LogP) is 2.87. The zero-order valence-corrected chi connectivity index (χ0v) is 11.3. The first-order valence-electron chi connectivity index (χ1n) is 6.29. The summed E-state index contributed by atoms with van der Waals surface area (Å²) in [5, 5.41) is 6.87. The zero-order chi connectivity index (χ0) is 14.8. The maximum absolute atomic E-state index is 13.0. The van der Waals surface area contributed by atoms with Crippen LogP contribution < -0.4 is 10.5 Å². The van der Waals surface area contributed by atoms with E-state index in [2.05, 4.69) is 15.2 Å². The fourth-order valence-corrected chi connectivity index (χ4v) is 2.14. The van der Waals surface area contributed by atoms with Crippen LogP contribution in [0.1, 0.15) is 0 Å². The summed E-state index contributed by atoms with van der Waals surface area (Å²) in [6.45, 7) is 0. The van der Waals surface area contributed by atoms with Crippen molar-refractivity contribution in [3.05, 3.63) is 48.4 Å². The summed E-state index contributed by atoms with van der Waals surface area (Å²) in [6.07, 6.45) is 1.15. The average molecular weight is 284 g/mol. The molecule has 0 bridgehead atoms. The number of anilines is 1. The molecule has 3 aromatic rings. The SMILES string of the molecule is COc1cccc(-c2c(N)n[nH]c2-c2ccc(F)cn2)c1. The number of benzene rings is 1. The molecule has 0 saturated carbocycles. The summed E-state index contributed by atoms with van der Waals surface area (Å²) in [5.74, 6) is 0.671. The van der Waals surface area contributed by atoms with Gasteiger partial charge in [0.15, 0.2) is 5.82 Å². The molecule has 0 aliphatic carbocycles. The molecule has 3 N–H and O–H groups in total. The summed E-state index contributed by atoms with van der Waals surface area (Å²) in [4.78, 5) is 4.06. The molecule has 5 nitrogen and oxygen atoms in total. The van der Waals surface area contributed by atoms with Gasteiger partial charge >= 0.3 is 0 Å². The van der Waals surface area contributed by atoms with Crippen LogP contribution in [-0.4, -0.2) is 22.3 Å². The molecule has 6 heteroatoms. The van der Waals surface area contributed by atoms with Crippen LogP contribution in [0.5, 0.6) is 5.75 Å². The highest BCUT2D eigenvalue weighted by Crippen LogP contribution is 2.35. The van der Waals surface area contributed by atoms with Crippen LogP contribution >= 0.6 is 0 Å². The van der Waals surface area contributed by atoms with E-state index < -0.39 is 5.82 Å². The van der Waals surface area contributed by atoms with E-state index in [1.165, 1.54) is 6.07 Å². The Bertz CT molecular complexity index is 768. The van der Waals surface area contributed by atoms with Crippen LogP contribution in [0.2, 0.25) is 0 Å². The molecule has 0 aliphatic heterocycles. The van der Waals surface area contributed by atoms with Crippen molar-refractivity contribution in [1.29, 1.82) is 0 Å². The molecule has 106 valence electrons. The lowest BCUT2D eigenvalue weighted by Gasteiger charge is -2.06. The van der Waals surface area contributed by atoms with E-state index in [4.69, 9.17) is 10.5 Å². The molecule has 1 aromatic carbocycles. The van der Waals surface area contributed by atoms with Crippen molar-refractivity contribution in [2.24, 2.45) is 0 Å². The third-order valence-corrected chi connectivity index (χ3v) is 3.14. The third-order valence-electron chi connectivity index (χ3n) is 3.14. The zero-order valence-electron chi connectivity index (χ0n) is 11.3. The second-order valence-electron chi connectivity index (χ2n) is 4.45. The minimum absolute atomic E-state index is 0.351. The first kappa shape index (κ1) is 13.1. The van der Waals surface area contributed by atoms with Gasteiger partial charge in [0.2, 0.25) is 0 Å². The summed E-state index contributed by atoms with van der Waals surface area (Å²) >= 11 is 0. The molecule has 0 atom stereocenters. The number of rotatable bonds is 3. The Kier molecular flexibility index (Phi) is 3.27. The van der Waals surface area contributed by atoms with E-state index >= 15 is 0 Å². The molecule has 0 spiro atoms. The molecule has 0 radical (unpaired) electrons. The summed E-state index contributed by atoms with van der Waals surface area (Å²) in [7, 11) is 1.60. The molecule has 2 heterocycles. The quantitative estimate of drug-likeness (QED) is 0.775. The number of nitrogens with one attached hydrogen (secondary N) is 1. The van der Waals surface area contributed by atoms with Gasteiger partial charge in [-0.1, -0.05) is 12.1 Å². The standard InChI is InChI=1S/C15H13FN4O/c1-21-11-4-2-3-9(7-11)13-14(19-20-15(13)17)12-6-5-10(16)8-18-12/h2-8H,1H3,(H3,17,19,20). The van der Waals surface area contributed by atoms with Crippen LogP contribution in [0, 0.1) is 5.82 Å². The second-order valence-corrected chi connectivity index (χ2v) is 4.45. The van der Waals surface area contributed by atoms with E-state index in [0.29, 0.717) is 28.5 Å². The van der Waals surface area contributed by atoms with Crippen molar-refractivity contribution < 1.29 is 9.13 Å². The number of methoxy groups -OCH3 is 1. The van der Waals surface area contributed by atoms with Crippen LogP contribution in [-0.2, 0) is 0 Å². The Labute approximate surface area is 120 Å². The lowest BCUT2D eigenvalue weighted by Crippen LogP contribution is -1.91.